The van der Waals surface area contributed by atoms with E-state index in [-0.39, 0.29) is 0 Å². The predicted molar refractivity (Wildman–Crippen MR) is 75.9 cm³/mol. The zero-order valence-electron chi connectivity index (χ0n) is 11.8. The first-order valence-electron chi connectivity index (χ1n) is 7.52. The molecule has 0 aromatic heterocycles. The Labute approximate surface area is 112 Å². The van der Waals surface area contributed by atoms with E-state index < -0.39 is 0 Å². The molecule has 0 aromatic rings. The lowest BCUT2D eigenvalue weighted by atomic mass is 9.85. The molecule has 1 saturated heterocycles. The van der Waals surface area contributed by atoms with Gasteiger partial charge in [0.05, 0.1) is 13.2 Å². The SMILES string of the molecule is C=CC(NCCC)C1(N2CCOCC2)CCCC1. The Morgan fingerprint density at radius 3 is 2.56 bits per heavy atom. The van der Waals surface area contributed by atoms with Gasteiger partial charge >= 0.3 is 0 Å². The van der Waals surface area contributed by atoms with Crippen LogP contribution in [0.2, 0.25) is 0 Å². The van der Waals surface area contributed by atoms with Crippen LogP contribution in [0.25, 0.3) is 0 Å². The fourth-order valence-electron chi connectivity index (χ4n) is 3.61. The van der Waals surface area contributed by atoms with E-state index in [1.165, 1.54) is 32.1 Å². The number of nitrogens with zero attached hydrogens (tertiary/aromatic N) is 1. The van der Waals surface area contributed by atoms with Crippen LogP contribution < -0.4 is 5.32 Å². The minimum atomic E-state index is 0.306. The summed E-state index contributed by atoms with van der Waals surface area (Å²) < 4.78 is 5.51. The monoisotopic (exact) mass is 252 g/mol. The van der Waals surface area contributed by atoms with Gasteiger partial charge in [-0.3, -0.25) is 4.90 Å². The van der Waals surface area contributed by atoms with E-state index in [1.807, 2.05) is 0 Å². The fraction of sp³-hybridized carbons (Fsp3) is 0.867. The van der Waals surface area contributed by atoms with Crippen molar-refractivity contribution in [3.05, 3.63) is 12.7 Å². The van der Waals surface area contributed by atoms with E-state index in [1.54, 1.807) is 0 Å². The Morgan fingerprint density at radius 1 is 1.33 bits per heavy atom. The van der Waals surface area contributed by atoms with Gasteiger partial charge in [-0.25, -0.2) is 0 Å². The summed E-state index contributed by atoms with van der Waals surface area (Å²) in [6.07, 6.45) is 8.64. The molecule has 1 heterocycles. The summed E-state index contributed by atoms with van der Waals surface area (Å²) in [5.74, 6) is 0. The van der Waals surface area contributed by atoms with Gasteiger partial charge in [0.1, 0.15) is 0 Å². The second-order valence-corrected chi connectivity index (χ2v) is 5.58. The van der Waals surface area contributed by atoms with Crippen LogP contribution in [0.15, 0.2) is 12.7 Å². The van der Waals surface area contributed by atoms with E-state index >= 15 is 0 Å². The zero-order valence-corrected chi connectivity index (χ0v) is 11.8. The second kappa shape index (κ2) is 6.69. The molecular weight excluding hydrogens is 224 g/mol. The summed E-state index contributed by atoms with van der Waals surface area (Å²) in [5, 5.41) is 3.70. The van der Waals surface area contributed by atoms with Crippen molar-refractivity contribution in [3.8, 4) is 0 Å². The molecule has 1 saturated carbocycles. The lowest BCUT2D eigenvalue weighted by molar-refractivity contribution is -0.0294. The van der Waals surface area contributed by atoms with Crippen LogP contribution in [-0.4, -0.2) is 49.3 Å². The summed E-state index contributed by atoms with van der Waals surface area (Å²) in [5.41, 5.74) is 0.306. The molecule has 1 N–H and O–H groups in total. The predicted octanol–water partition coefficient (Wildman–Crippen LogP) is 2.19. The van der Waals surface area contributed by atoms with Crippen molar-refractivity contribution >= 4 is 0 Å². The molecular formula is C15H28N2O. The normalized spacial score (nSPS) is 26.1. The van der Waals surface area contributed by atoms with Crippen LogP contribution in [0.1, 0.15) is 39.0 Å². The third-order valence-electron chi connectivity index (χ3n) is 4.54. The first kappa shape index (κ1) is 14.0. The first-order valence-corrected chi connectivity index (χ1v) is 7.52. The van der Waals surface area contributed by atoms with Gasteiger partial charge in [0, 0.05) is 24.7 Å². The summed E-state index contributed by atoms with van der Waals surface area (Å²) in [7, 11) is 0. The van der Waals surface area contributed by atoms with Gasteiger partial charge in [0.15, 0.2) is 0 Å². The Hall–Kier alpha value is -0.380. The van der Waals surface area contributed by atoms with Gasteiger partial charge in [0.25, 0.3) is 0 Å². The molecule has 1 aliphatic heterocycles. The minimum Gasteiger partial charge on any atom is -0.379 e. The number of hydrogen-bond acceptors (Lipinski definition) is 3. The highest BCUT2D eigenvalue weighted by molar-refractivity contribution is 5.10. The summed E-state index contributed by atoms with van der Waals surface area (Å²) in [4.78, 5) is 2.67. The molecule has 2 rings (SSSR count). The second-order valence-electron chi connectivity index (χ2n) is 5.58. The van der Waals surface area contributed by atoms with Crippen LogP contribution >= 0.6 is 0 Å². The maximum atomic E-state index is 5.51. The third-order valence-corrected chi connectivity index (χ3v) is 4.54. The van der Waals surface area contributed by atoms with E-state index in [2.05, 4.69) is 29.8 Å². The maximum Gasteiger partial charge on any atom is 0.0594 e. The molecule has 2 aliphatic rings. The van der Waals surface area contributed by atoms with Gasteiger partial charge < -0.3 is 10.1 Å². The number of rotatable bonds is 6. The van der Waals surface area contributed by atoms with Gasteiger partial charge in [0.2, 0.25) is 0 Å². The van der Waals surface area contributed by atoms with Crippen molar-refractivity contribution in [1.29, 1.82) is 0 Å². The van der Waals surface area contributed by atoms with Gasteiger partial charge in [-0.15, -0.1) is 6.58 Å². The molecule has 0 radical (unpaired) electrons. The Balaban J connectivity index is 2.10. The molecule has 0 aromatic carbocycles. The van der Waals surface area contributed by atoms with Crippen LogP contribution in [-0.2, 0) is 4.74 Å². The van der Waals surface area contributed by atoms with Crippen LogP contribution in [0, 0.1) is 0 Å². The highest BCUT2D eigenvalue weighted by Gasteiger charge is 2.44. The quantitative estimate of drug-likeness (QED) is 0.733. The highest BCUT2D eigenvalue weighted by Crippen LogP contribution is 2.39. The van der Waals surface area contributed by atoms with Crippen molar-refractivity contribution in [2.45, 2.75) is 50.6 Å². The molecule has 1 unspecified atom stereocenters. The van der Waals surface area contributed by atoms with Gasteiger partial charge in [-0.2, -0.15) is 0 Å². The Kier molecular flexibility index (Phi) is 5.22. The average molecular weight is 252 g/mol. The van der Waals surface area contributed by atoms with E-state index in [0.29, 0.717) is 11.6 Å². The van der Waals surface area contributed by atoms with Crippen molar-refractivity contribution in [1.82, 2.24) is 10.2 Å². The first-order chi connectivity index (χ1) is 8.83. The number of hydrogen-bond donors (Lipinski definition) is 1. The summed E-state index contributed by atoms with van der Waals surface area (Å²) >= 11 is 0. The molecule has 1 atom stereocenters. The molecule has 18 heavy (non-hydrogen) atoms. The molecule has 0 spiro atoms. The van der Waals surface area contributed by atoms with E-state index in [4.69, 9.17) is 4.74 Å². The van der Waals surface area contributed by atoms with Crippen molar-refractivity contribution in [3.63, 3.8) is 0 Å². The Bertz CT molecular complexity index is 255. The topological polar surface area (TPSA) is 24.5 Å². The van der Waals surface area contributed by atoms with Crippen LogP contribution in [0.5, 0.6) is 0 Å². The van der Waals surface area contributed by atoms with Crippen LogP contribution in [0.3, 0.4) is 0 Å². The van der Waals surface area contributed by atoms with Crippen LogP contribution in [0.4, 0.5) is 0 Å². The third kappa shape index (κ3) is 2.79. The standard InChI is InChI=1S/C15H28N2O/c1-3-9-16-14(4-2)15(7-5-6-8-15)17-10-12-18-13-11-17/h4,14,16H,2-3,5-13H2,1H3. The number of morpholine rings is 1. The smallest absolute Gasteiger partial charge is 0.0594 e. The lowest BCUT2D eigenvalue weighted by Gasteiger charge is -2.47. The molecule has 0 amide bonds. The Morgan fingerprint density at radius 2 is 2.00 bits per heavy atom. The van der Waals surface area contributed by atoms with Crippen molar-refractivity contribution in [2.75, 3.05) is 32.8 Å². The molecule has 104 valence electrons. The largest absolute Gasteiger partial charge is 0.379 e. The summed E-state index contributed by atoms with van der Waals surface area (Å²) in [6, 6.07) is 0.429. The number of ether oxygens (including phenoxy) is 1. The number of nitrogens with one attached hydrogen (secondary N) is 1. The highest BCUT2D eigenvalue weighted by atomic mass is 16.5. The van der Waals surface area contributed by atoms with Gasteiger partial charge in [-0.05, 0) is 25.8 Å². The molecule has 3 nitrogen and oxygen atoms in total. The van der Waals surface area contributed by atoms with E-state index in [0.717, 1.165) is 32.8 Å². The lowest BCUT2D eigenvalue weighted by Crippen LogP contribution is -2.61. The van der Waals surface area contributed by atoms with Crippen molar-refractivity contribution < 1.29 is 4.74 Å². The molecule has 0 bridgehead atoms. The average Bonchev–Trinajstić information content (AvgIpc) is 2.91. The molecule has 2 fully saturated rings. The van der Waals surface area contributed by atoms with Crippen molar-refractivity contribution in [2.24, 2.45) is 0 Å². The molecule has 3 heteroatoms. The minimum absolute atomic E-state index is 0.306. The van der Waals surface area contributed by atoms with Gasteiger partial charge in [-0.1, -0.05) is 25.8 Å². The fourth-order valence-corrected chi connectivity index (χ4v) is 3.61. The summed E-state index contributed by atoms with van der Waals surface area (Å²) in [6.45, 7) is 11.3. The van der Waals surface area contributed by atoms with E-state index in [9.17, 15) is 0 Å². The molecule has 1 aliphatic carbocycles. The zero-order chi connectivity index (χ0) is 12.8. The maximum absolute atomic E-state index is 5.51.